The zero-order valence-electron chi connectivity index (χ0n) is 12.3. The van der Waals surface area contributed by atoms with Crippen LogP contribution in [0.15, 0.2) is 0 Å². The van der Waals surface area contributed by atoms with Gasteiger partial charge < -0.3 is 4.90 Å². The molecule has 0 N–H and O–H groups in total. The van der Waals surface area contributed by atoms with Crippen molar-refractivity contribution in [1.29, 1.82) is 0 Å². The van der Waals surface area contributed by atoms with E-state index in [0.717, 1.165) is 24.2 Å². The SMILES string of the molecule is BC1CCCCCC2C(CCC(=S)N2C(C)C)C1. The number of fused-ring (bicyclic) bond motifs is 1. The molecule has 2 rings (SSSR count). The van der Waals surface area contributed by atoms with Gasteiger partial charge in [-0.3, -0.25) is 0 Å². The molecule has 1 aliphatic heterocycles. The fourth-order valence-electron chi connectivity index (χ4n) is 4.02. The van der Waals surface area contributed by atoms with Crippen LogP contribution in [0.3, 0.4) is 0 Å². The largest absolute Gasteiger partial charge is 0.360 e. The fourth-order valence-corrected chi connectivity index (χ4v) is 4.48. The maximum atomic E-state index is 5.64. The predicted molar refractivity (Wildman–Crippen MR) is 86.1 cm³/mol. The summed E-state index contributed by atoms with van der Waals surface area (Å²) >= 11 is 5.64. The van der Waals surface area contributed by atoms with Crippen LogP contribution in [-0.2, 0) is 0 Å². The van der Waals surface area contributed by atoms with Crippen molar-refractivity contribution >= 4 is 25.1 Å². The van der Waals surface area contributed by atoms with Gasteiger partial charge in [-0.25, -0.2) is 0 Å². The Kier molecular flexibility index (Phi) is 5.11. The van der Waals surface area contributed by atoms with E-state index in [4.69, 9.17) is 12.2 Å². The zero-order valence-corrected chi connectivity index (χ0v) is 13.1. The summed E-state index contributed by atoms with van der Waals surface area (Å²) in [6.07, 6.45) is 11.0. The number of hydrogen-bond acceptors (Lipinski definition) is 1. The van der Waals surface area contributed by atoms with Gasteiger partial charge in [0.05, 0.1) is 4.99 Å². The van der Waals surface area contributed by atoms with Gasteiger partial charge in [0.1, 0.15) is 7.85 Å². The molecule has 102 valence electrons. The predicted octanol–water partition coefficient (Wildman–Crippen LogP) is 3.58. The van der Waals surface area contributed by atoms with E-state index in [2.05, 4.69) is 26.6 Å². The maximum absolute atomic E-state index is 5.64. The summed E-state index contributed by atoms with van der Waals surface area (Å²) in [5, 5.41) is 0. The second-order valence-electron chi connectivity index (χ2n) is 6.74. The molecule has 3 unspecified atom stereocenters. The van der Waals surface area contributed by atoms with Crippen LogP contribution in [0.5, 0.6) is 0 Å². The maximum Gasteiger partial charge on any atom is 0.105 e. The number of hydrogen-bond donors (Lipinski definition) is 0. The first kappa shape index (κ1) is 14.4. The van der Waals surface area contributed by atoms with Crippen molar-refractivity contribution in [3.63, 3.8) is 0 Å². The summed E-state index contributed by atoms with van der Waals surface area (Å²) in [6.45, 7) is 4.62. The summed E-state index contributed by atoms with van der Waals surface area (Å²) in [5.74, 6) is 1.81. The molecule has 0 aromatic carbocycles. The van der Waals surface area contributed by atoms with Crippen LogP contribution >= 0.6 is 12.2 Å². The highest BCUT2D eigenvalue weighted by atomic mass is 32.1. The molecule has 0 radical (unpaired) electrons. The molecule has 1 heterocycles. The number of nitrogens with zero attached hydrogens (tertiary/aromatic N) is 1. The van der Waals surface area contributed by atoms with Gasteiger partial charge >= 0.3 is 0 Å². The highest BCUT2D eigenvalue weighted by Gasteiger charge is 2.35. The molecule has 18 heavy (non-hydrogen) atoms. The van der Waals surface area contributed by atoms with Gasteiger partial charge in [-0.2, -0.15) is 0 Å². The third-order valence-electron chi connectivity index (χ3n) is 4.88. The van der Waals surface area contributed by atoms with E-state index in [1.807, 2.05) is 0 Å². The molecular formula is C15H28BNS. The lowest BCUT2D eigenvalue weighted by Gasteiger charge is -2.46. The number of piperidine rings is 1. The van der Waals surface area contributed by atoms with Gasteiger partial charge in [0.25, 0.3) is 0 Å². The standard InChI is InChI=1S/C15H28BNS/c1-11(2)17-14-7-5-3-4-6-13(16)10-12(14)8-9-15(17)18/h11-14H,3-10,16H2,1-2H3. The Hall–Kier alpha value is -0.0451. The van der Waals surface area contributed by atoms with Crippen LogP contribution in [0.2, 0.25) is 5.82 Å². The van der Waals surface area contributed by atoms with Gasteiger partial charge in [0.15, 0.2) is 0 Å². The highest BCUT2D eigenvalue weighted by molar-refractivity contribution is 7.80. The first-order valence-electron chi connectivity index (χ1n) is 7.90. The third kappa shape index (κ3) is 3.29. The Morgan fingerprint density at radius 1 is 1.17 bits per heavy atom. The summed E-state index contributed by atoms with van der Waals surface area (Å²) in [7, 11) is 2.45. The van der Waals surface area contributed by atoms with Gasteiger partial charge in [0.2, 0.25) is 0 Å². The number of rotatable bonds is 1. The van der Waals surface area contributed by atoms with E-state index >= 15 is 0 Å². The molecule has 3 atom stereocenters. The first-order valence-corrected chi connectivity index (χ1v) is 8.31. The van der Waals surface area contributed by atoms with Gasteiger partial charge in [0, 0.05) is 12.1 Å². The minimum absolute atomic E-state index is 0.585. The average molecular weight is 265 g/mol. The summed E-state index contributed by atoms with van der Waals surface area (Å²) in [5.41, 5.74) is 0. The van der Waals surface area contributed by atoms with Crippen LogP contribution in [0.1, 0.15) is 65.2 Å². The van der Waals surface area contributed by atoms with E-state index in [1.165, 1.54) is 49.9 Å². The van der Waals surface area contributed by atoms with Gasteiger partial charge in [-0.05, 0) is 39.0 Å². The van der Waals surface area contributed by atoms with Crippen molar-refractivity contribution in [3.05, 3.63) is 0 Å². The quantitative estimate of drug-likeness (QED) is 0.526. The van der Waals surface area contributed by atoms with Crippen LogP contribution in [0, 0.1) is 5.92 Å². The number of thiocarbonyl (C=S) groups is 1. The van der Waals surface area contributed by atoms with Crippen LogP contribution in [0.4, 0.5) is 0 Å². The van der Waals surface area contributed by atoms with Crippen LogP contribution in [0.25, 0.3) is 0 Å². The molecular weight excluding hydrogens is 237 g/mol. The van der Waals surface area contributed by atoms with E-state index in [0.29, 0.717) is 6.04 Å². The Balaban J connectivity index is 2.14. The second kappa shape index (κ2) is 6.41. The van der Waals surface area contributed by atoms with Crippen molar-refractivity contribution < 1.29 is 0 Å². The Labute approximate surface area is 119 Å². The summed E-state index contributed by atoms with van der Waals surface area (Å²) in [6, 6.07) is 1.33. The molecule has 0 spiro atoms. The van der Waals surface area contributed by atoms with Crippen molar-refractivity contribution in [2.75, 3.05) is 0 Å². The average Bonchev–Trinajstić information content (AvgIpc) is 2.39. The topological polar surface area (TPSA) is 3.24 Å². The molecule has 0 amide bonds. The fraction of sp³-hybridized carbons (Fsp3) is 0.933. The molecule has 1 aliphatic carbocycles. The van der Waals surface area contributed by atoms with Crippen LogP contribution in [-0.4, -0.2) is 29.8 Å². The molecule has 3 heteroatoms. The zero-order chi connectivity index (χ0) is 13.1. The third-order valence-corrected chi connectivity index (χ3v) is 5.29. The molecule has 2 fully saturated rings. The van der Waals surface area contributed by atoms with Gasteiger partial charge in [-0.15, -0.1) is 0 Å². The first-order chi connectivity index (χ1) is 8.59. The Morgan fingerprint density at radius 3 is 2.61 bits per heavy atom. The van der Waals surface area contributed by atoms with Crippen molar-refractivity contribution in [2.45, 2.75) is 83.1 Å². The van der Waals surface area contributed by atoms with Crippen molar-refractivity contribution in [2.24, 2.45) is 5.92 Å². The molecule has 1 nitrogen and oxygen atoms in total. The smallest absolute Gasteiger partial charge is 0.105 e. The molecule has 1 saturated heterocycles. The van der Waals surface area contributed by atoms with E-state index in [1.54, 1.807) is 0 Å². The Morgan fingerprint density at radius 2 is 1.89 bits per heavy atom. The summed E-state index contributed by atoms with van der Waals surface area (Å²) in [4.78, 5) is 3.82. The minimum atomic E-state index is 0.585. The molecule has 0 bridgehead atoms. The van der Waals surface area contributed by atoms with Crippen molar-refractivity contribution in [3.8, 4) is 0 Å². The van der Waals surface area contributed by atoms with Gasteiger partial charge in [-0.1, -0.05) is 50.1 Å². The highest BCUT2D eigenvalue weighted by Crippen LogP contribution is 2.37. The number of likely N-dealkylation sites (tertiary alicyclic amines) is 1. The minimum Gasteiger partial charge on any atom is -0.360 e. The lowest BCUT2D eigenvalue weighted by molar-refractivity contribution is 0.144. The van der Waals surface area contributed by atoms with Crippen LogP contribution < -0.4 is 0 Å². The normalized spacial score (nSPS) is 34.7. The molecule has 1 saturated carbocycles. The molecule has 0 aromatic rings. The second-order valence-corrected chi connectivity index (χ2v) is 7.21. The van der Waals surface area contributed by atoms with E-state index in [-0.39, 0.29) is 0 Å². The van der Waals surface area contributed by atoms with Crippen molar-refractivity contribution in [1.82, 2.24) is 4.90 Å². The molecule has 2 aliphatic rings. The van der Waals surface area contributed by atoms with E-state index < -0.39 is 0 Å². The lowest BCUT2D eigenvalue weighted by atomic mass is 9.72. The Bertz CT molecular complexity index is 292. The monoisotopic (exact) mass is 265 g/mol. The summed E-state index contributed by atoms with van der Waals surface area (Å²) < 4.78 is 0. The molecule has 0 aromatic heterocycles. The van der Waals surface area contributed by atoms with E-state index in [9.17, 15) is 0 Å². The lowest BCUT2D eigenvalue weighted by Crippen LogP contribution is -2.51.